The first-order chi connectivity index (χ1) is 8.51. The van der Waals surface area contributed by atoms with E-state index in [2.05, 4.69) is 10.6 Å². The summed E-state index contributed by atoms with van der Waals surface area (Å²) in [4.78, 5) is 11.8. The Hall–Kier alpha value is -1.69. The van der Waals surface area contributed by atoms with E-state index in [4.69, 9.17) is 4.74 Å². The molecule has 18 heavy (non-hydrogen) atoms. The van der Waals surface area contributed by atoms with Gasteiger partial charge in [0.15, 0.2) is 11.6 Å². The van der Waals surface area contributed by atoms with Crippen LogP contribution in [0.3, 0.4) is 0 Å². The van der Waals surface area contributed by atoms with E-state index in [0.29, 0.717) is 6.54 Å². The highest BCUT2D eigenvalue weighted by Crippen LogP contribution is 2.24. The third-order valence-corrected chi connectivity index (χ3v) is 2.55. The first-order valence-electron chi connectivity index (χ1n) is 5.48. The molecule has 0 saturated heterocycles. The van der Waals surface area contributed by atoms with Gasteiger partial charge in [-0.2, -0.15) is 0 Å². The van der Waals surface area contributed by atoms with Crippen molar-refractivity contribution in [2.75, 3.05) is 20.7 Å². The maximum absolute atomic E-state index is 13.6. The highest BCUT2D eigenvalue weighted by atomic mass is 19.1. The maximum atomic E-state index is 13.6. The van der Waals surface area contributed by atoms with Crippen LogP contribution in [0.4, 0.5) is 8.78 Å². The zero-order valence-corrected chi connectivity index (χ0v) is 10.5. The predicted octanol–water partition coefficient (Wildman–Crippen LogP) is 1.31. The number of benzene rings is 1. The van der Waals surface area contributed by atoms with Gasteiger partial charge in [0.25, 0.3) is 5.91 Å². The van der Waals surface area contributed by atoms with E-state index in [1.807, 2.05) is 6.92 Å². The molecule has 1 amide bonds. The standard InChI is InChI=1S/C12H16F2N2O2/c1-7(15-2)6-16-12(17)10-8(13)4-5-9(14)11(10)18-3/h4-5,7,15H,6H2,1-3H3,(H,16,17). The molecule has 0 heterocycles. The van der Waals surface area contributed by atoms with Crippen LogP contribution in [0.5, 0.6) is 5.75 Å². The Labute approximate surface area is 104 Å². The molecule has 2 N–H and O–H groups in total. The Morgan fingerprint density at radius 1 is 1.39 bits per heavy atom. The fraction of sp³-hybridized carbons (Fsp3) is 0.417. The van der Waals surface area contributed by atoms with Crippen LogP contribution in [0, 0.1) is 11.6 Å². The molecule has 0 aromatic heterocycles. The number of hydrogen-bond acceptors (Lipinski definition) is 3. The summed E-state index contributed by atoms with van der Waals surface area (Å²) in [5.41, 5.74) is -0.416. The quantitative estimate of drug-likeness (QED) is 0.837. The second-order valence-electron chi connectivity index (χ2n) is 3.84. The SMILES string of the molecule is CNC(C)CNC(=O)c1c(F)ccc(F)c1OC. The summed E-state index contributed by atoms with van der Waals surface area (Å²) in [6, 6.07) is 1.84. The Morgan fingerprint density at radius 2 is 2.00 bits per heavy atom. The summed E-state index contributed by atoms with van der Waals surface area (Å²) in [7, 11) is 2.92. The molecule has 1 aromatic rings. The van der Waals surface area contributed by atoms with Gasteiger partial charge in [0.2, 0.25) is 0 Å². The van der Waals surface area contributed by atoms with Crippen LogP contribution < -0.4 is 15.4 Å². The molecule has 0 aliphatic heterocycles. The van der Waals surface area contributed by atoms with Crippen LogP contribution in [0.1, 0.15) is 17.3 Å². The number of methoxy groups -OCH3 is 1. The smallest absolute Gasteiger partial charge is 0.258 e. The normalized spacial score (nSPS) is 12.1. The lowest BCUT2D eigenvalue weighted by molar-refractivity contribution is 0.0942. The van der Waals surface area contributed by atoms with E-state index < -0.39 is 23.1 Å². The van der Waals surface area contributed by atoms with Gasteiger partial charge < -0.3 is 15.4 Å². The van der Waals surface area contributed by atoms with Gasteiger partial charge in [-0.1, -0.05) is 0 Å². The van der Waals surface area contributed by atoms with E-state index in [-0.39, 0.29) is 11.8 Å². The number of likely N-dealkylation sites (N-methyl/N-ethyl adjacent to an activating group) is 1. The lowest BCUT2D eigenvalue weighted by Gasteiger charge is -2.13. The number of ether oxygens (including phenoxy) is 1. The topological polar surface area (TPSA) is 50.4 Å². The Morgan fingerprint density at radius 3 is 2.56 bits per heavy atom. The van der Waals surface area contributed by atoms with Crippen molar-refractivity contribution in [3.05, 3.63) is 29.3 Å². The van der Waals surface area contributed by atoms with E-state index in [1.54, 1.807) is 7.05 Å². The van der Waals surface area contributed by atoms with Crippen molar-refractivity contribution in [1.82, 2.24) is 10.6 Å². The number of halogens is 2. The Balaban J connectivity index is 2.94. The average Bonchev–Trinajstić information content (AvgIpc) is 2.37. The molecule has 1 rings (SSSR count). The van der Waals surface area contributed by atoms with Crippen molar-refractivity contribution in [2.24, 2.45) is 0 Å². The summed E-state index contributed by atoms with van der Waals surface area (Å²) in [6.07, 6.45) is 0. The molecule has 0 saturated carbocycles. The van der Waals surface area contributed by atoms with Crippen LogP contribution in [0.2, 0.25) is 0 Å². The molecule has 0 bridgehead atoms. The average molecular weight is 258 g/mol. The van der Waals surface area contributed by atoms with Gasteiger partial charge in [0.1, 0.15) is 11.4 Å². The van der Waals surface area contributed by atoms with E-state index in [0.717, 1.165) is 12.1 Å². The molecule has 0 radical (unpaired) electrons. The lowest BCUT2D eigenvalue weighted by Crippen LogP contribution is -2.37. The first kappa shape index (κ1) is 14.4. The minimum absolute atomic E-state index is 0.0246. The molecule has 1 unspecified atom stereocenters. The minimum atomic E-state index is -0.817. The van der Waals surface area contributed by atoms with Crippen molar-refractivity contribution < 1.29 is 18.3 Å². The molecule has 6 heteroatoms. The summed E-state index contributed by atoms with van der Waals surface area (Å²) in [5.74, 6) is -2.68. The van der Waals surface area contributed by atoms with Gasteiger partial charge in [-0.25, -0.2) is 8.78 Å². The van der Waals surface area contributed by atoms with Gasteiger partial charge >= 0.3 is 0 Å². The van der Waals surface area contributed by atoms with Crippen molar-refractivity contribution in [2.45, 2.75) is 13.0 Å². The summed E-state index contributed by atoms with van der Waals surface area (Å²) < 4.78 is 31.6. The number of nitrogens with one attached hydrogen (secondary N) is 2. The molecule has 0 fully saturated rings. The zero-order chi connectivity index (χ0) is 13.7. The fourth-order valence-corrected chi connectivity index (χ4v) is 1.38. The summed E-state index contributed by atoms with van der Waals surface area (Å²) in [6.45, 7) is 2.15. The van der Waals surface area contributed by atoms with Crippen molar-refractivity contribution >= 4 is 5.91 Å². The minimum Gasteiger partial charge on any atom is -0.493 e. The van der Waals surface area contributed by atoms with Crippen LogP contribution >= 0.6 is 0 Å². The molecule has 4 nitrogen and oxygen atoms in total. The first-order valence-corrected chi connectivity index (χ1v) is 5.48. The third kappa shape index (κ3) is 3.16. The molecule has 100 valence electrons. The van der Waals surface area contributed by atoms with E-state index in [1.165, 1.54) is 7.11 Å². The Bertz CT molecular complexity index is 438. The number of carbonyl (C=O) groups is 1. The number of amides is 1. The molecule has 1 aromatic carbocycles. The Kier molecular flexibility index (Phi) is 5.03. The molecule has 0 aliphatic rings. The number of rotatable bonds is 5. The zero-order valence-electron chi connectivity index (χ0n) is 10.5. The van der Waals surface area contributed by atoms with Gasteiger partial charge in [0, 0.05) is 12.6 Å². The lowest BCUT2D eigenvalue weighted by atomic mass is 10.1. The third-order valence-electron chi connectivity index (χ3n) is 2.55. The highest BCUT2D eigenvalue weighted by molar-refractivity contribution is 5.97. The molecular formula is C12H16F2N2O2. The van der Waals surface area contributed by atoms with Crippen LogP contribution in [0.15, 0.2) is 12.1 Å². The van der Waals surface area contributed by atoms with Crippen molar-refractivity contribution in [3.8, 4) is 5.75 Å². The molecule has 0 spiro atoms. The van der Waals surface area contributed by atoms with Gasteiger partial charge in [0.05, 0.1) is 7.11 Å². The second-order valence-corrected chi connectivity index (χ2v) is 3.84. The van der Waals surface area contributed by atoms with Gasteiger partial charge in [-0.05, 0) is 26.1 Å². The second kappa shape index (κ2) is 6.30. The van der Waals surface area contributed by atoms with Crippen LogP contribution in [0.25, 0.3) is 0 Å². The molecular weight excluding hydrogens is 242 g/mol. The molecule has 0 aliphatic carbocycles. The summed E-state index contributed by atoms with van der Waals surface area (Å²) >= 11 is 0. The highest BCUT2D eigenvalue weighted by Gasteiger charge is 2.21. The van der Waals surface area contributed by atoms with Crippen molar-refractivity contribution in [3.63, 3.8) is 0 Å². The molecule has 1 atom stereocenters. The van der Waals surface area contributed by atoms with Crippen molar-refractivity contribution in [1.29, 1.82) is 0 Å². The fourth-order valence-electron chi connectivity index (χ4n) is 1.38. The van der Waals surface area contributed by atoms with Crippen LogP contribution in [-0.4, -0.2) is 32.7 Å². The van der Waals surface area contributed by atoms with Crippen LogP contribution in [-0.2, 0) is 0 Å². The van der Waals surface area contributed by atoms with Gasteiger partial charge in [-0.3, -0.25) is 4.79 Å². The largest absolute Gasteiger partial charge is 0.493 e. The van der Waals surface area contributed by atoms with E-state index >= 15 is 0 Å². The number of carbonyl (C=O) groups excluding carboxylic acids is 1. The maximum Gasteiger partial charge on any atom is 0.258 e. The monoisotopic (exact) mass is 258 g/mol. The van der Waals surface area contributed by atoms with Gasteiger partial charge in [-0.15, -0.1) is 0 Å². The van der Waals surface area contributed by atoms with E-state index in [9.17, 15) is 13.6 Å². The summed E-state index contributed by atoms with van der Waals surface area (Å²) in [5, 5.41) is 5.42. The number of hydrogen-bond donors (Lipinski definition) is 2. The predicted molar refractivity (Wildman–Crippen MR) is 63.8 cm³/mol.